The molecular weight excluding hydrogens is 444 g/mol. The average Bonchev–Trinajstić information content (AvgIpc) is 2.78. The second-order valence-electron chi connectivity index (χ2n) is 8.11. The standard InChI is InChI=1S/C25H27ClN2O5/c1-14(2)28(4)24(30)16-6-10-20(26)21(12-16)27-23(29)11-9-19-15(3)18-8-7-17(32-5)13-22(18)33-25(19)31/h6-8,10,12-14H,9,11H2,1-5H3,(H,27,29). The molecule has 0 aliphatic rings. The Labute approximate surface area is 197 Å². The highest BCUT2D eigenvalue weighted by Crippen LogP contribution is 2.26. The van der Waals surface area contributed by atoms with Crippen LogP contribution in [0.2, 0.25) is 5.02 Å². The van der Waals surface area contributed by atoms with Crippen molar-refractivity contribution < 1.29 is 18.7 Å². The van der Waals surface area contributed by atoms with E-state index in [1.165, 1.54) is 0 Å². The molecule has 0 saturated carbocycles. The Morgan fingerprint density at radius 1 is 1.18 bits per heavy atom. The van der Waals surface area contributed by atoms with E-state index < -0.39 is 5.63 Å². The van der Waals surface area contributed by atoms with Gasteiger partial charge in [-0.1, -0.05) is 11.6 Å². The van der Waals surface area contributed by atoms with E-state index in [1.807, 2.05) is 26.8 Å². The number of nitrogens with one attached hydrogen (secondary N) is 1. The second kappa shape index (κ2) is 10.1. The molecule has 2 aromatic carbocycles. The number of amides is 2. The molecule has 7 nitrogen and oxygen atoms in total. The van der Waals surface area contributed by atoms with Gasteiger partial charge in [0.1, 0.15) is 11.3 Å². The van der Waals surface area contributed by atoms with Gasteiger partial charge in [0.2, 0.25) is 5.91 Å². The van der Waals surface area contributed by atoms with Crippen LogP contribution in [0.1, 0.15) is 41.8 Å². The van der Waals surface area contributed by atoms with Crippen LogP contribution in [0, 0.1) is 6.92 Å². The number of anilines is 1. The Morgan fingerprint density at radius 2 is 1.91 bits per heavy atom. The lowest BCUT2D eigenvalue weighted by Crippen LogP contribution is -2.33. The quantitative estimate of drug-likeness (QED) is 0.500. The predicted octanol–water partition coefficient (Wildman–Crippen LogP) is 4.82. The Morgan fingerprint density at radius 3 is 2.58 bits per heavy atom. The van der Waals surface area contributed by atoms with E-state index in [0.29, 0.717) is 33.2 Å². The maximum Gasteiger partial charge on any atom is 0.339 e. The van der Waals surface area contributed by atoms with Crippen LogP contribution in [-0.2, 0) is 11.2 Å². The summed E-state index contributed by atoms with van der Waals surface area (Å²) in [6, 6.07) is 10.1. The molecule has 3 aromatic rings. The van der Waals surface area contributed by atoms with Gasteiger partial charge in [0.05, 0.1) is 17.8 Å². The molecule has 0 spiro atoms. The molecule has 1 N–H and O–H groups in total. The summed E-state index contributed by atoms with van der Waals surface area (Å²) in [5.74, 6) is 0.0971. The van der Waals surface area contributed by atoms with Crippen molar-refractivity contribution in [2.45, 2.75) is 39.7 Å². The molecule has 0 aliphatic heterocycles. The molecule has 0 bridgehead atoms. The number of methoxy groups -OCH3 is 1. The highest BCUT2D eigenvalue weighted by Gasteiger charge is 2.18. The van der Waals surface area contributed by atoms with Gasteiger partial charge in [-0.2, -0.15) is 0 Å². The first-order valence-electron chi connectivity index (χ1n) is 10.6. The van der Waals surface area contributed by atoms with E-state index in [0.717, 1.165) is 10.9 Å². The molecule has 2 amide bonds. The number of fused-ring (bicyclic) bond motifs is 1. The zero-order valence-corrected chi connectivity index (χ0v) is 20.1. The number of carbonyl (C=O) groups is 2. The summed E-state index contributed by atoms with van der Waals surface area (Å²) in [6.45, 7) is 5.66. The fourth-order valence-corrected chi connectivity index (χ4v) is 3.60. The summed E-state index contributed by atoms with van der Waals surface area (Å²) < 4.78 is 10.6. The van der Waals surface area contributed by atoms with Crippen LogP contribution in [0.3, 0.4) is 0 Å². The zero-order chi connectivity index (χ0) is 24.3. The molecular formula is C25H27ClN2O5. The van der Waals surface area contributed by atoms with E-state index in [-0.39, 0.29) is 30.7 Å². The molecule has 174 valence electrons. The van der Waals surface area contributed by atoms with Crippen molar-refractivity contribution in [2.75, 3.05) is 19.5 Å². The monoisotopic (exact) mass is 470 g/mol. The van der Waals surface area contributed by atoms with Crippen molar-refractivity contribution in [2.24, 2.45) is 0 Å². The molecule has 1 aromatic heterocycles. The van der Waals surface area contributed by atoms with Gasteiger partial charge in [0.15, 0.2) is 0 Å². The Balaban J connectivity index is 1.76. The predicted molar refractivity (Wildman–Crippen MR) is 129 cm³/mol. The summed E-state index contributed by atoms with van der Waals surface area (Å²) in [7, 11) is 3.26. The molecule has 3 rings (SSSR count). The number of ether oxygens (including phenoxy) is 1. The lowest BCUT2D eigenvalue weighted by Gasteiger charge is -2.22. The SMILES string of the molecule is COc1ccc2c(C)c(CCC(=O)Nc3cc(C(=O)N(C)C(C)C)ccc3Cl)c(=O)oc2c1. The smallest absolute Gasteiger partial charge is 0.339 e. The summed E-state index contributed by atoms with van der Waals surface area (Å²) in [4.78, 5) is 39.3. The first kappa shape index (κ1) is 24.3. The average molecular weight is 471 g/mol. The second-order valence-corrected chi connectivity index (χ2v) is 8.51. The highest BCUT2D eigenvalue weighted by molar-refractivity contribution is 6.33. The molecule has 0 saturated heterocycles. The largest absolute Gasteiger partial charge is 0.497 e. The number of benzene rings is 2. The number of nitrogens with zero attached hydrogens (tertiary/aromatic N) is 1. The van der Waals surface area contributed by atoms with E-state index >= 15 is 0 Å². The van der Waals surface area contributed by atoms with Crippen LogP contribution in [-0.4, -0.2) is 36.9 Å². The third-order valence-electron chi connectivity index (χ3n) is 5.68. The summed E-state index contributed by atoms with van der Waals surface area (Å²) in [5.41, 5.74) is 1.93. The number of carbonyl (C=O) groups excluding carboxylic acids is 2. The normalized spacial score (nSPS) is 11.0. The molecule has 8 heteroatoms. The maximum atomic E-state index is 12.6. The highest BCUT2D eigenvalue weighted by atomic mass is 35.5. The number of halogens is 1. The van der Waals surface area contributed by atoms with Crippen LogP contribution in [0.25, 0.3) is 11.0 Å². The Kier molecular flexibility index (Phi) is 7.43. The van der Waals surface area contributed by atoms with Crippen molar-refractivity contribution in [3.8, 4) is 5.75 Å². The molecule has 0 radical (unpaired) electrons. The molecule has 33 heavy (non-hydrogen) atoms. The molecule has 0 unspecified atom stereocenters. The van der Waals surface area contributed by atoms with Gasteiger partial charge in [0, 0.05) is 42.1 Å². The number of hydrogen-bond acceptors (Lipinski definition) is 5. The van der Waals surface area contributed by atoms with E-state index in [2.05, 4.69) is 5.32 Å². The van der Waals surface area contributed by atoms with Crippen LogP contribution < -0.4 is 15.7 Å². The van der Waals surface area contributed by atoms with Gasteiger partial charge in [0.25, 0.3) is 5.91 Å². The first-order valence-corrected chi connectivity index (χ1v) is 11.0. The van der Waals surface area contributed by atoms with E-state index in [9.17, 15) is 14.4 Å². The van der Waals surface area contributed by atoms with Gasteiger partial charge in [-0.15, -0.1) is 0 Å². The minimum Gasteiger partial charge on any atom is -0.497 e. The third-order valence-corrected chi connectivity index (χ3v) is 6.01. The van der Waals surface area contributed by atoms with Crippen molar-refractivity contribution in [3.05, 3.63) is 68.5 Å². The third kappa shape index (κ3) is 5.37. The van der Waals surface area contributed by atoms with Gasteiger partial charge < -0.3 is 19.4 Å². The number of rotatable bonds is 7. The molecule has 0 aliphatic carbocycles. The fourth-order valence-electron chi connectivity index (χ4n) is 3.43. The zero-order valence-electron chi connectivity index (χ0n) is 19.3. The van der Waals surface area contributed by atoms with E-state index in [4.69, 9.17) is 20.8 Å². The van der Waals surface area contributed by atoms with Crippen molar-refractivity contribution in [3.63, 3.8) is 0 Å². The minimum atomic E-state index is -0.483. The first-order chi connectivity index (χ1) is 15.6. The topological polar surface area (TPSA) is 88.9 Å². The lowest BCUT2D eigenvalue weighted by atomic mass is 10.0. The summed E-state index contributed by atoms with van der Waals surface area (Å²) in [5, 5.41) is 3.85. The molecule has 0 atom stereocenters. The van der Waals surface area contributed by atoms with Gasteiger partial charge in [-0.3, -0.25) is 9.59 Å². The lowest BCUT2D eigenvalue weighted by molar-refractivity contribution is -0.116. The van der Waals surface area contributed by atoms with Gasteiger partial charge in [-0.25, -0.2) is 4.79 Å². The number of hydrogen-bond donors (Lipinski definition) is 1. The Hall–Kier alpha value is -3.32. The van der Waals surface area contributed by atoms with Crippen LogP contribution in [0.15, 0.2) is 45.6 Å². The maximum absolute atomic E-state index is 12.6. The summed E-state index contributed by atoms with van der Waals surface area (Å²) >= 11 is 6.23. The molecule has 0 fully saturated rings. The van der Waals surface area contributed by atoms with Gasteiger partial charge in [-0.05, 0) is 63.1 Å². The van der Waals surface area contributed by atoms with Crippen LogP contribution >= 0.6 is 11.6 Å². The fraction of sp³-hybridized carbons (Fsp3) is 0.320. The van der Waals surface area contributed by atoms with Crippen LogP contribution in [0.5, 0.6) is 5.75 Å². The number of aryl methyl sites for hydroxylation is 1. The minimum absolute atomic E-state index is 0.0317. The van der Waals surface area contributed by atoms with Gasteiger partial charge >= 0.3 is 5.63 Å². The van der Waals surface area contributed by atoms with E-state index in [1.54, 1.807) is 49.4 Å². The Bertz CT molecular complexity index is 1270. The molecule has 1 heterocycles. The van der Waals surface area contributed by atoms with Crippen molar-refractivity contribution in [1.82, 2.24) is 4.90 Å². The van der Waals surface area contributed by atoms with Crippen LogP contribution in [0.4, 0.5) is 5.69 Å². The summed E-state index contributed by atoms with van der Waals surface area (Å²) in [6.07, 6.45) is 0.252. The van der Waals surface area contributed by atoms with Crippen molar-refractivity contribution >= 4 is 40.1 Å². The van der Waals surface area contributed by atoms with Crippen molar-refractivity contribution in [1.29, 1.82) is 0 Å².